The van der Waals surface area contributed by atoms with Crippen molar-refractivity contribution in [2.45, 2.75) is 6.54 Å². The Kier molecular flexibility index (Phi) is 4.47. The topological polar surface area (TPSA) is 107 Å². The number of carbonyl (C=O) groups excluding carboxylic acids is 1. The lowest BCUT2D eigenvalue weighted by Gasteiger charge is -2.12. The van der Waals surface area contributed by atoms with Gasteiger partial charge >= 0.3 is 0 Å². The lowest BCUT2D eigenvalue weighted by molar-refractivity contribution is -0.116. The van der Waals surface area contributed by atoms with E-state index in [0.717, 1.165) is 22.0 Å². The van der Waals surface area contributed by atoms with Gasteiger partial charge in [0.15, 0.2) is 0 Å². The second-order valence-electron chi connectivity index (χ2n) is 7.15. The van der Waals surface area contributed by atoms with Crippen molar-refractivity contribution in [1.82, 2.24) is 19.5 Å². The SMILES string of the molecule is Cn1ncc2cc(Nc3cccc4ccn(CC(=O)Nc5cnoc5)c(=O)c34)ccc21. The van der Waals surface area contributed by atoms with Gasteiger partial charge in [0, 0.05) is 24.3 Å². The summed E-state index contributed by atoms with van der Waals surface area (Å²) in [5.74, 6) is -0.350. The van der Waals surface area contributed by atoms with Gasteiger partial charge in [-0.3, -0.25) is 14.3 Å². The Balaban J connectivity index is 1.48. The standard InChI is InChI=1S/C22H18N6O3/c1-27-19-6-5-16(9-15(19)10-23-27)25-18-4-2-3-14-7-8-28(22(30)21(14)18)12-20(29)26-17-11-24-31-13-17/h2-11,13,25H,12H2,1H3,(H,26,29). The summed E-state index contributed by atoms with van der Waals surface area (Å²) in [6.45, 7) is -0.129. The van der Waals surface area contributed by atoms with Gasteiger partial charge in [0.05, 0.1) is 29.0 Å². The molecule has 9 heteroatoms. The molecule has 5 rings (SSSR count). The number of hydrogen-bond acceptors (Lipinski definition) is 6. The maximum atomic E-state index is 13.2. The van der Waals surface area contributed by atoms with E-state index in [1.165, 1.54) is 17.0 Å². The largest absolute Gasteiger partial charge is 0.363 e. The molecule has 2 N–H and O–H groups in total. The minimum atomic E-state index is -0.350. The van der Waals surface area contributed by atoms with Gasteiger partial charge in [-0.15, -0.1) is 0 Å². The predicted octanol–water partition coefficient (Wildman–Crippen LogP) is 3.26. The maximum absolute atomic E-state index is 13.2. The number of hydrogen-bond donors (Lipinski definition) is 2. The molecule has 0 saturated carbocycles. The molecular weight excluding hydrogens is 396 g/mol. The summed E-state index contributed by atoms with van der Waals surface area (Å²) in [6.07, 6.45) is 6.12. The van der Waals surface area contributed by atoms with Crippen LogP contribution in [-0.2, 0) is 18.4 Å². The van der Waals surface area contributed by atoms with Crippen molar-refractivity contribution >= 4 is 44.6 Å². The molecule has 0 aliphatic heterocycles. The van der Waals surface area contributed by atoms with Gasteiger partial charge in [-0.05, 0) is 35.7 Å². The molecule has 0 aliphatic carbocycles. The fourth-order valence-corrected chi connectivity index (χ4v) is 3.58. The molecule has 31 heavy (non-hydrogen) atoms. The second kappa shape index (κ2) is 7.45. The van der Waals surface area contributed by atoms with Crippen LogP contribution in [0.5, 0.6) is 0 Å². The van der Waals surface area contributed by atoms with Crippen LogP contribution < -0.4 is 16.2 Å². The number of amides is 1. The fourth-order valence-electron chi connectivity index (χ4n) is 3.58. The van der Waals surface area contributed by atoms with Crippen molar-refractivity contribution in [3.8, 4) is 0 Å². The summed E-state index contributed by atoms with van der Waals surface area (Å²) < 4.78 is 7.88. The van der Waals surface area contributed by atoms with E-state index < -0.39 is 0 Å². The highest BCUT2D eigenvalue weighted by Gasteiger charge is 2.12. The first-order valence-electron chi connectivity index (χ1n) is 9.59. The molecule has 1 amide bonds. The summed E-state index contributed by atoms with van der Waals surface area (Å²) in [4.78, 5) is 25.5. The van der Waals surface area contributed by atoms with E-state index in [-0.39, 0.29) is 18.0 Å². The normalized spacial score (nSPS) is 11.1. The van der Waals surface area contributed by atoms with Crippen LogP contribution >= 0.6 is 0 Å². The van der Waals surface area contributed by atoms with E-state index in [4.69, 9.17) is 4.52 Å². The highest BCUT2D eigenvalue weighted by molar-refractivity contribution is 5.96. The monoisotopic (exact) mass is 414 g/mol. The van der Waals surface area contributed by atoms with E-state index in [1.54, 1.807) is 17.1 Å². The van der Waals surface area contributed by atoms with Gasteiger partial charge in [0.2, 0.25) is 5.91 Å². The number of carbonyl (C=O) groups is 1. The Morgan fingerprint density at radius 1 is 1.10 bits per heavy atom. The molecule has 0 saturated heterocycles. The molecule has 0 bridgehead atoms. The molecule has 0 atom stereocenters. The summed E-state index contributed by atoms with van der Waals surface area (Å²) in [5, 5.41) is 16.1. The summed E-state index contributed by atoms with van der Waals surface area (Å²) >= 11 is 0. The minimum Gasteiger partial charge on any atom is -0.363 e. The molecule has 2 aromatic carbocycles. The fraction of sp³-hybridized carbons (Fsp3) is 0.0909. The predicted molar refractivity (Wildman–Crippen MR) is 117 cm³/mol. The molecule has 154 valence electrons. The zero-order valence-corrected chi connectivity index (χ0v) is 16.6. The third kappa shape index (κ3) is 3.52. The Bertz CT molecular complexity index is 1470. The van der Waals surface area contributed by atoms with E-state index in [9.17, 15) is 9.59 Å². The third-order valence-corrected chi connectivity index (χ3v) is 5.06. The van der Waals surface area contributed by atoms with Crippen molar-refractivity contribution in [2.75, 3.05) is 10.6 Å². The Morgan fingerprint density at radius 3 is 2.84 bits per heavy atom. The van der Waals surface area contributed by atoms with Crippen LogP contribution in [0.15, 0.2) is 76.6 Å². The molecule has 0 radical (unpaired) electrons. The number of benzene rings is 2. The van der Waals surface area contributed by atoms with Crippen molar-refractivity contribution < 1.29 is 9.32 Å². The van der Waals surface area contributed by atoms with Gasteiger partial charge in [-0.2, -0.15) is 5.10 Å². The summed E-state index contributed by atoms with van der Waals surface area (Å²) in [5.41, 5.74) is 2.70. The average molecular weight is 414 g/mol. The lowest BCUT2D eigenvalue weighted by atomic mass is 10.1. The van der Waals surface area contributed by atoms with Crippen molar-refractivity contribution in [3.05, 3.63) is 77.7 Å². The van der Waals surface area contributed by atoms with Crippen LogP contribution in [0, 0.1) is 0 Å². The minimum absolute atomic E-state index is 0.129. The van der Waals surface area contributed by atoms with Crippen LogP contribution in [0.4, 0.5) is 17.1 Å². The molecule has 3 aromatic heterocycles. The summed E-state index contributed by atoms with van der Waals surface area (Å²) in [6, 6.07) is 13.3. The molecular formula is C22H18N6O3. The van der Waals surface area contributed by atoms with Gasteiger partial charge < -0.3 is 19.7 Å². The third-order valence-electron chi connectivity index (χ3n) is 5.06. The first kappa shape index (κ1) is 18.6. The number of fused-ring (bicyclic) bond motifs is 2. The zero-order chi connectivity index (χ0) is 21.4. The van der Waals surface area contributed by atoms with Crippen LogP contribution in [0.3, 0.4) is 0 Å². The number of pyridine rings is 1. The van der Waals surface area contributed by atoms with Gasteiger partial charge in [-0.25, -0.2) is 0 Å². The van der Waals surface area contributed by atoms with Crippen LogP contribution in [0.1, 0.15) is 0 Å². The maximum Gasteiger partial charge on any atom is 0.261 e. The quantitative estimate of drug-likeness (QED) is 0.457. The number of aromatic nitrogens is 4. The second-order valence-corrected chi connectivity index (χ2v) is 7.15. The Hall–Kier alpha value is -4.40. The van der Waals surface area contributed by atoms with E-state index >= 15 is 0 Å². The molecule has 0 aliphatic rings. The van der Waals surface area contributed by atoms with E-state index in [2.05, 4.69) is 20.9 Å². The molecule has 9 nitrogen and oxygen atoms in total. The highest BCUT2D eigenvalue weighted by atomic mass is 16.5. The molecule has 5 aromatic rings. The number of nitrogens with one attached hydrogen (secondary N) is 2. The first-order chi connectivity index (χ1) is 15.1. The van der Waals surface area contributed by atoms with Gasteiger partial charge in [0.1, 0.15) is 18.5 Å². The number of rotatable bonds is 5. The van der Waals surface area contributed by atoms with Crippen LogP contribution in [-0.4, -0.2) is 25.4 Å². The first-order valence-corrected chi connectivity index (χ1v) is 9.59. The van der Waals surface area contributed by atoms with Crippen molar-refractivity contribution in [2.24, 2.45) is 7.05 Å². The number of anilines is 3. The zero-order valence-electron chi connectivity index (χ0n) is 16.6. The van der Waals surface area contributed by atoms with E-state index in [0.29, 0.717) is 16.8 Å². The molecule has 3 heterocycles. The Morgan fingerprint density at radius 2 is 2.00 bits per heavy atom. The number of nitrogens with zero attached hydrogens (tertiary/aromatic N) is 4. The van der Waals surface area contributed by atoms with Crippen LogP contribution in [0.2, 0.25) is 0 Å². The van der Waals surface area contributed by atoms with Gasteiger partial charge in [-0.1, -0.05) is 17.3 Å². The van der Waals surface area contributed by atoms with Gasteiger partial charge in [0.25, 0.3) is 5.56 Å². The summed E-state index contributed by atoms with van der Waals surface area (Å²) in [7, 11) is 1.89. The van der Waals surface area contributed by atoms with Crippen molar-refractivity contribution in [3.63, 3.8) is 0 Å². The highest BCUT2D eigenvalue weighted by Crippen LogP contribution is 2.26. The number of aryl methyl sites for hydroxylation is 1. The lowest BCUT2D eigenvalue weighted by Crippen LogP contribution is -2.27. The smallest absolute Gasteiger partial charge is 0.261 e. The molecule has 0 fully saturated rings. The molecule has 0 spiro atoms. The Labute approximate surface area is 175 Å². The van der Waals surface area contributed by atoms with E-state index in [1.807, 2.05) is 49.5 Å². The van der Waals surface area contributed by atoms with Crippen molar-refractivity contribution in [1.29, 1.82) is 0 Å². The molecule has 0 unspecified atom stereocenters. The van der Waals surface area contributed by atoms with Crippen LogP contribution in [0.25, 0.3) is 21.7 Å². The average Bonchev–Trinajstić information content (AvgIpc) is 3.40.